The van der Waals surface area contributed by atoms with Gasteiger partial charge in [-0.1, -0.05) is 28.1 Å². The summed E-state index contributed by atoms with van der Waals surface area (Å²) in [7, 11) is 0. The molecule has 0 aliphatic carbocycles. The lowest BCUT2D eigenvalue weighted by atomic mass is 10.0. The summed E-state index contributed by atoms with van der Waals surface area (Å²) >= 11 is 3.52. The molecule has 2 aromatic rings. The normalized spacial score (nSPS) is 12.9. The predicted molar refractivity (Wildman–Crippen MR) is 69.4 cm³/mol. The molecule has 3 heteroatoms. The van der Waals surface area contributed by atoms with Crippen LogP contribution < -0.4 is 0 Å². The van der Waals surface area contributed by atoms with Gasteiger partial charge in [0, 0.05) is 16.1 Å². The van der Waals surface area contributed by atoms with E-state index in [0.29, 0.717) is 0 Å². The van der Waals surface area contributed by atoms with Crippen LogP contribution >= 0.6 is 15.9 Å². The first-order valence-corrected chi connectivity index (χ1v) is 6.18. The van der Waals surface area contributed by atoms with E-state index in [9.17, 15) is 5.11 Å². The van der Waals surface area contributed by atoms with Crippen LogP contribution in [-0.2, 0) is 6.42 Å². The summed E-state index contributed by atoms with van der Waals surface area (Å²) in [6.45, 7) is 1.81. The van der Waals surface area contributed by atoms with Gasteiger partial charge >= 0.3 is 0 Å². The first-order valence-electron chi connectivity index (χ1n) is 5.38. The number of aromatic nitrogens is 1. The number of pyridine rings is 1. The smallest absolute Gasteiger partial charge is 0.0745 e. The van der Waals surface area contributed by atoms with Crippen LogP contribution in [0.1, 0.15) is 18.9 Å². The van der Waals surface area contributed by atoms with Crippen LogP contribution in [0.4, 0.5) is 0 Å². The molecular formula is C13H14BrNO. The predicted octanol–water partition coefficient (Wildman–Crippen LogP) is 3.31. The van der Waals surface area contributed by atoms with E-state index in [1.807, 2.05) is 19.1 Å². The lowest BCUT2D eigenvalue weighted by molar-refractivity contribution is 0.185. The number of fused-ring (bicyclic) bond motifs is 1. The maximum atomic E-state index is 9.31. The summed E-state index contributed by atoms with van der Waals surface area (Å²) < 4.78 is 1.07. The Morgan fingerprint density at radius 2 is 2.19 bits per heavy atom. The highest BCUT2D eigenvalue weighted by atomic mass is 79.9. The minimum Gasteiger partial charge on any atom is -0.393 e. The van der Waals surface area contributed by atoms with Gasteiger partial charge in [0.05, 0.1) is 11.6 Å². The maximum absolute atomic E-state index is 9.31. The van der Waals surface area contributed by atoms with Crippen LogP contribution in [-0.4, -0.2) is 16.2 Å². The van der Waals surface area contributed by atoms with Crippen molar-refractivity contribution in [1.82, 2.24) is 4.98 Å². The molecule has 0 radical (unpaired) electrons. The lowest BCUT2D eigenvalue weighted by Crippen LogP contribution is -2.02. The second-order valence-corrected chi connectivity index (χ2v) is 4.85. The third-order valence-corrected chi connectivity index (χ3v) is 3.32. The number of halogens is 1. The van der Waals surface area contributed by atoms with Gasteiger partial charge in [0.2, 0.25) is 0 Å². The molecule has 0 saturated heterocycles. The van der Waals surface area contributed by atoms with Crippen molar-refractivity contribution in [3.05, 3.63) is 40.5 Å². The standard InChI is InChI=1S/C13H14BrNO/c1-9(16)4-5-10-6-7-12(14)11-3-2-8-15-13(10)11/h2-3,6-9,16H,4-5H2,1H3. The Kier molecular flexibility index (Phi) is 3.56. The Hall–Kier alpha value is -0.930. The molecule has 1 N–H and O–H groups in total. The Bertz CT molecular complexity index is 496. The van der Waals surface area contributed by atoms with E-state index < -0.39 is 0 Å². The largest absolute Gasteiger partial charge is 0.393 e. The van der Waals surface area contributed by atoms with Crippen molar-refractivity contribution in [2.75, 3.05) is 0 Å². The number of nitrogens with zero attached hydrogens (tertiary/aromatic N) is 1. The molecule has 1 unspecified atom stereocenters. The molecule has 2 nitrogen and oxygen atoms in total. The molecular weight excluding hydrogens is 266 g/mol. The van der Waals surface area contributed by atoms with E-state index in [4.69, 9.17) is 0 Å². The minimum absolute atomic E-state index is 0.262. The van der Waals surface area contributed by atoms with Crippen molar-refractivity contribution in [3.63, 3.8) is 0 Å². The molecule has 1 heterocycles. The number of aryl methyl sites for hydroxylation is 1. The summed E-state index contributed by atoms with van der Waals surface area (Å²) in [6.07, 6.45) is 3.18. The minimum atomic E-state index is -0.262. The third-order valence-electron chi connectivity index (χ3n) is 2.63. The van der Waals surface area contributed by atoms with Crippen molar-refractivity contribution in [2.24, 2.45) is 0 Å². The monoisotopic (exact) mass is 279 g/mol. The van der Waals surface area contributed by atoms with Gasteiger partial charge in [0.1, 0.15) is 0 Å². The molecule has 0 amide bonds. The molecule has 0 aliphatic rings. The summed E-state index contributed by atoms with van der Waals surface area (Å²) in [5, 5.41) is 10.4. The van der Waals surface area contributed by atoms with E-state index in [0.717, 1.165) is 28.2 Å². The van der Waals surface area contributed by atoms with Crippen molar-refractivity contribution in [2.45, 2.75) is 25.9 Å². The lowest BCUT2D eigenvalue weighted by Gasteiger charge is -2.08. The quantitative estimate of drug-likeness (QED) is 0.935. The van der Waals surface area contributed by atoms with Gasteiger partial charge in [-0.2, -0.15) is 0 Å². The Labute approximate surface area is 103 Å². The van der Waals surface area contributed by atoms with Gasteiger partial charge in [-0.3, -0.25) is 4.98 Å². The van der Waals surface area contributed by atoms with Crippen LogP contribution in [0.25, 0.3) is 10.9 Å². The first kappa shape index (κ1) is 11.6. The Morgan fingerprint density at radius 1 is 1.38 bits per heavy atom. The fourth-order valence-corrected chi connectivity index (χ4v) is 2.21. The third kappa shape index (κ3) is 2.42. The molecule has 1 aromatic carbocycles. The molecule has 0 saturated carbocycles. The number of aliphatic hydroxyl groups excluding tert-OH is 1. The van der Waals surface area contributed by atoms with Gasteiger partial charge in [-0.05, 0) is 37.5 Å². The average Bonchev–Trinajstić information content (AvgIpc) is 2.28. The number of rotatable bonds is 3. The highest BCUT2D eigenvalue weighted by molar-refractivity contribution is 9.10. The average molecular weight is 280 g/mol. The second-order valence-electron chi connectivity index (χ2n) is 3.99. The van der Waals surface area contributed by atoms with Crippen LogP contribution in [0.5, 0.6) is 0 Å². The van der Waals surface area contributed by atoms with Crippen molar-refractivity contribution < 1.29 is 5.11 Å². The molecule has 1 aromatic heterocycles. The van der Waals surface area contributed by atoms with Crippen molar-refractivity contribution in [1.29, 1.82) is 0 Å². The molecule has 0 spiro atoms. The van der Waals surface area contributed by atoms with E-state index in [1.165, 1.54) is 5.56 Å². The van der Waals surface area contributed by atoms with Gasteiger partial charge in [0.15, 0.2) is 0 Å². The fourth-order valence-electron chi connectivity index (χ4n) is 1.76. The topological polar surface area (TPSA) is 33.1 Å². The zero-order valence-electron chi connectivity index (χ0n) is 9.15. The molecule has 0 aliphatic heterocycles. The van der Waals surface area contributed by atoms with Crippen LogP contribution in [0.2, 0.25) is 0 Å². The fraction of sp³-hybridized carbons (Fsp3) is 0.308. The van der Waals surface area contributed by atoms with E-state index in [2.05, 4.69) is 33.0 Å². The van der Waals surface area contributed by atoms with Crippen LogP contribution in [0, 0.1) is 0 Å². The summed E-state index contributed by atoms with van der Waals surface area (Å²) in [6, 6.07) is 8.10. The van der Waals surface area contributed by atoms with Crippen LogP contribution in [0.3, 0.4) is 0 Å². The van der Waals surface area contributed by atoms with Gasteiger partial charge in [-0.25, -0.2) is 0 Å². The number of hydrogen-bond donors (Lipinski definition) is 1. The molecule has 1 atom stereocenters. The zero-order valence-corrected chi connectivity index (χ0v) is 10.7. The van der Waals surface area contributed by atoms with Gasteiger partial charge in [0.25, 0.3) is 0 Å². The molecule has 2 rings (SSSR count). The number of benzene rings is 1. The molecule has 16 heavy (non-hydrogen) atoms. The van der Waals surface area contributed by atoms with Gasteiger partial charge < -0.3 is 5.11 Å². The summed E-state index contributed by atoms with van der Waals surface area (Å²) in [4.78, 5) is 4.41. The zero-order chi connectivity index (χ0) is 11.5. The van der Waals surface area contributed by atoms with Gasteiger partial charge in [-0.15, -0.1) is 0 Å². The number of hydrogen-bond acceptors (Lipinski definition) is 2. The molecule has 0 fully saturated rings. The van der Waals surface area contributed by atoms with E-state index in [-0.39, 0.29) is 6.10 Å². The maximum Gasteiger partial charge on any atom is 0.0745 e. The Morgan fingerprint density at radius 3 is 2.94 bits per heavy atom. The summed E-state index contributed by atoms with van der Waals surface area (Å²) in [5.74, 6) is 0. The van der Waals surface area contributed by atoms with Crippen molar-refractivity contribution >= 4 is 26.8 Å². The SMILES string of the molecule is CC(O)CCc1ccc(Br)c2cccnc12. The van der Waals surface area contributed by atoms with E-state index in [1.54, 1.807) is 6.20 Å². The highest BCUT2D eigenvalue weighted by Gasteiger charge is 2.06. The molecule has 0 bridgehead atoms. The summed E-state index contributed by atoms with van der Waals surface area (Å²) in [5.41, 5.74) is 2.22. The van der Waals surface area contributed by atoms with Crippen molar-refractivity contribution in [3.8, 4) is 0 Å². The highest BCUT2D eigenvalue weighted by Crippen LogP contribution is 2.26. The van der Waals surface area contributed by atoms with Crippen LogP contribution in [0.15, 0.2) is 34.9 Å². The van der Waals surface area contributed by atoms with E-state index >= 15 is 0 Å². The first-order chi connectivity index (χ1) is 7.68. The Balaban J connectivity index is 2.42. The molecule has 84 valence electrons. The number of aliphatic hydroxyl groups is 1. The second kappa shape index (κ2) is 4.93.